The average Bonchev–Trinajstić information content (AvgIpc) is 3.21. The van der Waals surface area contributed by atoms with Crippen LogP contribution in [-0.4, -0.2) is 23.6 Å². The van der Waals surface area contributed by atoms with Gasteiger partial charge in [-0.3, -0.25) is 9.59 Å². The van der Waals surface area contributed by atoms with Crippen molar-refractivity contribution in [2.75, 3.05) is 6.61 Å². The van der Waals surface area contributed by atoms with Crippen molar-refractivity contribution in [1.82, 2.24) is 10.5 Å². The molecule has 2 aromatic heterocycles. The fourth-order valence-electron chi connectivity index (χ4n) is 2.05. The van der Waals surface area contributed by atoms with E-state index in [1.165, 1.54) is 0 Å². The van der Waals surface area contributed by atoms with Gasteiger partial charge in [0.05, 0.1) is 13.0 Å². The van der Waals surface area contributed by atoms with Gasteiger partial charge >= 0.3 is 5.97 Å². The topological polar surface area (TPSA) is 81.4 Å². The maximum Gasteiger partial charge on any atom is 0.312 e. The number of hydrogen-bond acceptors (Lipinski definition) is 6. The standard InChI is InChI=1S/C16H14N2O4S/c19-15(17-9-11-4-3-7-23-11)10-21-16(20)8-13-12-5-1-2-6-14(12)22-18-13/h1-7H,8-10H2,(H,17,19). The normalized spacial score (nSPS) is 10.6. The van der Waals surface area contributed by atoms with Crippen LogP contribution >= 0.6 is 11.3 Å². The number of fused-ring (bicyclic) bond motifs is 1. The molecule has 0 aliphatic heterocycles. The summed E-state index contributed by atoms with van der Waals surface area (Å²) in [5.41, 5.74) is 1.12. The van der Waals surface area contributed by atoms with Crippen LogP contribution in [0.3, 0.4) is 0 Å². The minimum Gasteiger partial charge on any atom is -0.455 e. The van der Waals surface area contributed by atoms with Gasteiger partial charge in [-0.1, -0.05) is 23.4 Å². The smallest absolute Gasteiger partial charge is 0.312 e. The quantitative estimate of drug-likeness (QED) is 0.701. The van der Waals surface area contributed by atoms with Gasteiger partial charge < -0.3 is 14.6 Å². The SMILES string of the molecule is O=C(COC(=O)Cc1noc2ccccc12)NCc1cccs1. The molecule has 3 aromatic rings. The van der Waals surface area contributed by atoms with Gasteiger partial charge in [-0.15, -0.1) is 11.3 Å². The van der Waals surface area contributed by atoms with Crippen LogP contribution < -0.4 is 5.32 Å². The summed E-state index contributed by atoms with van der Waals surface area (Å²) in [5, 5.41) is 9.25. The number of hydrogen-bond donors (Lipinski definition) is 1. The number of carbonyl (C=O) groups excluding carboxylic acids is 2. The lowest BCUT2D eigenvalue weighted by molar-refractivity contribution is -0.148. The fourth-order valence-corrected chi connectivity index (χ4v) is 2.69. The first-order valence-electron chi connectivity index (χ1n) is 7.00. The van der Waals surface area contributed by atoms with Crippen LogP contribution in [0.1, 0.15) is 10.6 Å². The van der Waals surface area contributed by atoms with E-state index in [1.807, 2.05) is 35.7 Å². The van der Waals surface area contributed by atoms with Crippen LogP contribution in [0, 0.1) is 0 Å². The van der Waals surface area contributed by atoms with E-state index in [0.29, 0.717) is 17.8 Å². The highest BCUT2D eigenvalue weighted by atomic mass is 32.1. The van der Waals surface area contributed by atoms with Gasteiger partial charge in [0.15, 0.2) is 12.2 Å². The van der Waals surface area contributed by atoms with Gasteiger partial charge in [0.1, 0.15) is 5.69 Å². The van der Waals surface area contributed by atoms with Crippen molar-refractivity contribution in [3.8, 4) is 0 Å². The molecule has 1 amide bonds. The number of nitrogens with zero attached hydrogens (tertiary/aromatic N) is 1. The van der Waals surface area contributed by atoms with E-state index >= 15 is 0 Å². The molecule has 0 bridgehead atoms. The van der Waals surface area contributed by atoms with Crippen molar-refractivity contribution in [2.45, 2.75) is 13.0 Å². The predicted octanol–water partition coefficient (Wildman–Crippen LogP) is 2.29. The highest BCUT2D eigenvalue weighted by molar-refractivity contribution is 7.09. The third-order valence-corrected chi connectivity index (χ3v) is 4.04. The van der Waals surface area contributed by atoms with Crippen LogP contribution in [0.15, 0.2) is 46.3 Å². The van der Waals surface area contributed by atoms with Crippen LogP contribution in [-0.2, 0) is 27.3 Å². The molecule has 1 aromatic carbocycles. The van der Waals surface area contributed by atoms with Crippen molar-refractivity contribution in [3.63, 3.8) is 0 Å². The number of thiophene rings is 1. The number of benzene rings is 1. The molecule has 2 heterocycles. The Morgan fingerprint density at radius 2 is 2.09 bits per heavy atom. The monoisotopic (exact) mass is 330 g/mol. The largest absolute Gasteiger partial charge is 0.455 e. The lowest BCUT2D eigenvalue weighted by Crippen LogP contribution is -2.28. The third-order valence-electron chi connectivity index (χ3n) is 3.17. The molecule has 0 unspecified atom stereocenters. The summed E-state index contributed by atoms with van der Waals surface area (Å²) in [6, 6.07) is 11.1. The van der Waals surface area contributed by atoms with Gasteiger partial charge in [0, 0.05) is 10.3 Å². The number of ether oxygens (including phenoxy) is 1. The van der Waals surface area contributed by atoms with Crippen LogP contribution in [0.25, 0.3) is 11.0 Å². The van der Waals surface area contributed by atoms with Gasteiger partial charge in [-0.25, -0.2) is 0 Å². The Bertz CT molecular complexity index is 810. The summed E-state index contributed by atoms with van der Waals surface area (Å²) in [6.07, 6.45) is -0.0325. The molecule has 118 valence electrons. The number of aromatic nitrogens is 1. The molecule has 0 saturated heterocycles. The Labute approximate surface area is 136 Å². The second kappa shape index (κ2) is 7.06. The van der Waals surface area contributed by atoms with E-state index in [9.17, 15) is 9.59 Å². The van der Waals surface area contributed by atoms with Crippen molar-refractivity contribution < 1.29 is 18.8 Å². The zero-order chi connectivity index (χ0) is 16.1. The number of amides is 1. The highest BCUT2D eigenvalue weighted by Crippen LogP contribution is 2.18. The van der Waals surface area contributed by atoms with E-state index in [1.54, 1.807) is 17.4 Å². The first-order chi connectivity index (χ1) is 11.2. The van der Waals surface area contributed by atoms with Gasteiger partial charge in [-0.05, 0) is 23.6 Å². The summed E-state index contributed by atoms with van der Waals surface area (Å²) in [5.74, 6) is -0.855. The lowest BCUT2D eigenvalue weighted by atomic mass is 10.2. The number of nitrogens with one attached hydrogen (secondary N) is 1. The molecule has 6 nitrogen and oxygen atoms in total. The Hall–Kier alpha value is -2.67. The molecule has 0 spiro atoms. The molecular formula is C16H14N2O4S. The second-order valence-electron chi connectivity index (χ2n) is 4.82. The van der Waals surface area contributed by atoms with Crippen LogP contribution in [0.2, 0.25) is 0 Å². The molecule has 1 N–H and O–H groups in total. The molecule has 23 heavy (non-hydrogen) atoms. The van der Waals surface area contributed by atoms with Crippen LogP contribution in [0.5, 0.6) is 0 Å². The minimum absolute atomic E-state index is 0.0325. The maximum atomic E-state index is 11.8. The van der Waals surface area contributed by atoms with E-state index in [2.05, 4.69) is 10.5 Å². The molecule has 7 heteroatoms. The Morgan fingerprint density at radius 3 is 2.91 bits per heavy atom. The van der Waals surface area contributed by atoms with E-state index in [-0.39, 0.29) is 18.9 Å². The fraction of sp³-hybridized carbons (Fsp3) is 0.188. The van der Waals surface area contributed by atoms with E-state index < -0.39 is 5.97 Å². The van der Waals surface area contributed by atoms with Crippen LogP contribution in [0.4, 0.5) is 0 Å². The van der Waals surface area contributed by atoms with Gasteiger partial charge in [-0.2, -0.15) is 0 Å². The van der Waals surface area contributed by atoms with Gasteiger partial charge in [0.25, 0.3) is 5.91 Å². The predicted molar refractivity (Wildman–Crippen MR) is 84.8 cm³/mol. The van der Waals surface area contributed by atoms with Crippen molar-refractivity contribution >= 4 is 34.2 Å². The molecule has 0 aliphatic carbocycles. The van der Waals surface area contributed by atoms with Crippen molar-refractivity contribution in [1.29, 1.82) is 0 Å². The zero-order valence-electron chi connectivity index (χ0n) is 12.2. The van der Waals surface area contributed by atoms with Crippen molar-refractivity contribution in [2.24, 2.45) is 0 Å². The van der Waals surface area contributed by atoms with E-state index in [0.717, 1.165) is 10.3 Å². The molecule has 0 saturated carbocycles. The maximum absolute atomic E-state index is 11.8. The molecule has 3 rings (SSSR count). The number of esters is 1. The molecular weight excluding hydrogens is 316 g/mol. The third kappa shape index (κ3) is 3.95. The Kier molecular flexibility index (Phi) is 4.68. The molecule has 0 aliphatic rings. The number of carbonyl (C=O) groups is 2. The number of rotatable bonds is 6. The summed E-state index contributed by atoms with van der Waals surface area (Å²) in [7, 11) is 0. The van der Waals surface area contributed by atoms with Crippen molar-refractivity contribution in [3.05, 3.63) is 52.3 Å². The second-order valence-corrected chi connectivity index (χ2v) is 5.85. The molecule has 0 radical (unpaired) electrons. The summed E-state index contributed by atoms with van der Waals surface area (Å²) in [6.45, 7) is 0.127. The first kappa shape index (κ1) is 15.2. The highest BCUT2D eigenvalue weighted by Gasteiger charge is 2.14. The zero-order valence-corrected chi connectivity index (χ0v) is 13.0. The molecule has 0 atom stereocenters. The Morgan fingerprint density at radius 1 is 1.22 bits per heavy atom. The number of para-hydroxylation sites is 1. The first-order valence-corrected chi connectivity index (χ1v) is 7.88. The minimum atomic E-state index is -0.518. The summed E-state index contributed by atoms with van der Waals surface area (Å²) in [4.78, 5) is 24.5. The summed E-state index contributed by atoms with van der Waals surface area (Å²) < 4.78 is 10.1. The average molecular weight is 330 g/mol. The lowest BCUT2D eigenvalue weighted by Gasteiger charge is -2.05. The molecule has 0 fully saturated rings. The Balaban J connectivity index is 1.47. The van der Waals surface area contributed by atoms with Gasteiger partial charge in [0.2, 0.25) is 0 Å². The summed E-state index contributed by atoms with van der Waals surface area (Å²) >= 11 is 1.55. The van der Waals surface area contributed by atoms with E-state index in [4.69, 9.17) is 9.26 Å².